The van der Waals surface area contributed by atoms with Gasteiger partial charge in [-0.2, -0.15) is 0 Å². The highest BCUT2D eigenvalue weighted by Crippen LogP contribution is 2.27. The van der Waals surface area contributed by atoms with E-state index in [-0.39, 0.29) is 0 Å². The van der Waals surface area contributed by atoms with Crippen LogP contribution in [0.3, 0.4) is 0 Å². The zero-order valence-electron chi connectivity index (χ0n) is 14.2. The summed E-state index contributed by atoms with van der Waals surface area (Å²) < 4.78 is 16.1. The Morgan fingerprint density at radius 1 is 1.17 bits per heavy atom. The van der Waals surface area contributed by atoms with Gasteiger partial charge in [0.05, 0.1) is 33.5 Å². The van der Waals surface area contributed by atoms with Crippen LogP contribution in [-0.2, 0) is 9.47 Å². The van der Waals surface area contributed by atoms with Crippen LogP contribution in [0.5, 0.6) is 5.75 Å². The average Bonchev–Trinajstić information content (AvgIpc) is 2.58. The van der Waals surface area contributed by atoms with Gasteiger partial charge < -0.3 is 19.5 Å². The summed E-state index contributed by atoms with van der Waals surface area (Å²) >= 11 is 0. The van der Waals surface area contributed by atoms with Crippen LogP contribution < -0.4 is 10.1 Å². The quantitative estimate of drug-likeness (QED) is 0.828. The minimum Gasteiger partial charge on any atom is -0.497 e. The fraction of sp³-hybridized carbons (Fsp3) is 0.667. The van der Waals surface area contributed by atoms with Gasteiger partial charge in [-0.05, 0) is 17.7 Å². The van der Waals surface area contributed by atoms with Crippen molar-refractivity contribution in [3.05, 3.63) is 29.8 Å². The number of hydrogen-bond acceptors (Lipinski definition) is 5. The van der Waals surface area contributed by atoms with Gasteiger partial charge in [0, 0.05) is 37.6 Å². The molecule has 3 rings (SSSR count). The first kappa shape index (κ1) is 16.7. The molecule has 2 fully saturated rings. The molecular formula is C18H28N2O3. The fourth-order valence-corrected chi connectivity index (χ4v) is 3.24. The van der Waals surface area contributed by atoms with Crippen LogP contribution in [0.1, 0.15) is 18.5 Å². The van der Waals surface area contributed by atoms with Crippen LogP contribution in [0.2, 0.25) is 0 Å². The molecule has 0 spiro atoms. The molecule has 23 heavy (non-hydrogen) atoms. The summed E-state index contributed by atoms with van der Waals surface area (Å²) in [6.07, 6.45) is 0. The van der Waals surface area contributed by atoms with Gasteiger partial charge in [-0.15, -0.1) is 0 Å². The lowest BCUT2D eigenvalue weighted by Crippen LogP contribution is -2.49. The van der Waals surface area contributed by atoms with E-state index in [1.165, 1.54) is 5.56 Å². The van der Waals surface area contributed by atoms with E-state index in [9.17, 15) is 0 Å². The number of nitrogens with one attached hydrogen (secondary N) is 1. The molecule has 1 aromatic carbocycles. The lowest BCUT2D eigenvalue weighted by Gasteiger charge is -2.40. The second-order valence-corrected chi connectivity index (χ2v) is 6.87. The van der Waals surface area contributed by atoms with Crippen molar-refractivity contribution < 1.29 is 14.2 Å². The molecule has 0 radical (unpaired) electrons. The van der Waals surface area contributed by atoms with Crippen LogP contribution in [0, 0.1) is 5.41 Å². The molecule has 1 N–H and O–H groups in total. The number of benzene rings is 1. The van der Waals surface area contributed by atoms with E-state index in [1.54, 1.807) is 7.11 Å². The molecule has 1 atom stereocenters. The number of methoxy groups -OCH3 is 1. The standard InChI is InChI=1S/C18H28N2O3/c1-18(13-23-14-18)12-19-11-17(20-7-9-22-10-8-20)15-3-5-16(21-2)6-4-15/h3-6,17,19H,7-14H2,1-2H3/t17-/m0/s1. The van der Waals surface area contributed by atoms with Gasteiger partial charge in [-0.1, -0.05) is 19.1 Å². The van der Waals surface area contributed by atoms with Gasteiger partial charge in [-0.25, -0.2) is 0 Å². The largest absolute Gasteiger partial charge is 0.497 e. The highest BCUT2D eigenvalue weighted by atomic mass is 16.5. The van der Waals surface area contributed by atoms with E-state index >= 15 is 0 Å². The molecule has 0 aromatic heterocycles. The average molecular weight is 320 g/mol. The molecule has 2 heterocycles. The van der Waals surface area contributed by atoms with Crippen molar-refractivity contribution in [3.63, 3.8) is 0 Å². The molecule has 2 saturated heterocycles. The summed E-state index contributed by atoms with van der Waals surface area (Å²) in [5.41, 5.74) is 1.63. The molecule has 2 aliphatic heterocycles. The van der Waals surface area contributed by atoms with Crippen LogP contribution >= 0.6 is 0 Å². The molecular weight excluding hydrogens is 292 g/mol. The molecule has 0 amide bonds. The molecule has 0 unspecified atom stereocenters. The summed E-state index contributed by atoms with van der Waals surface area (Å²) in [6, 6.07) is 8.81. The SMILES string of the molecule is COc1ccc([C@H](CNCC2(C)COC2)N2CCOCC2)cc1. The van der Waals surface area contributed by atoms with Gasteiger partial charge >= 0.3 is 0 Å². The summed E-state index contributed by atoms with van der Waals surface area (Å²) in [6.45, 7) is 9.57. The van der Waals surface area contributed by atoms with Gasteiger partial charge in [0.25, 0.3) is 0 Å². The zero-order chi connectivity index (χ0) is 16.1. The third-order valence-electron chi connectivity index (χ3n) is 4.78. The van der Waals surface area contributed by atoms with Crippen molar-refractivity contribution in [3.8, 4) is 5.75 Å². The Labute approximate surface area is 138 Å². The molecule has 0 saturated carbocycles. The minimum absolute atomic E-state index is 0.301. The fourth-order valence-electron chi connectivity index (χ4n) is 3.24. The second kappa shape index (κ2) is 7.62. The molecule has 1 aromatic rings. The molecule has 2 aliphatic rings. The molecule has 5 nitrogen and oxygen atoms in total. The Morgan fingerprint density at radius 2 is 1.87 bits per heavy atom. The Bertz CT molecular complexity index is 482. The Hall–Kier alpha value is -1.14. The van der Waals surface area contributed by atoms with Gasteiger partial charge in [0.1, 0.15) is 5.75 Å². The number of ether oxygens (including phenoxy) is 3. The summed E-state index contributed by atoms with van der Waals surface area (Å²) in [5, 5.41) is 3.66. The first-order valence-electron chi connectivity index (χ1n) is 8.44. The summed E-state index contributed by atoms with van der Waals surface area (Å²) in [7, 11) is 1.71. The molecule has 5 heteroatoms. The third-order valence-corrected chi connectivity index (χ3v) is 4.78. The van der Waals surface area contributed by atoms with E-state index < -0.39 is 0 Å². The Kier molecular flexibility index (Phi) is 5.54. The van der Waals surface area contributed by atoms with Crippen molar-refractivity contribution >= 4 is 0 Å². The van der Waals surface area contributed by atoms with Crippen LogP contribution in [0.25, 0.3) is 0 Å². The predicted octanol–water partition coefficient (Wildman–Crippen LogP) is 1.69. The van der Waals surface area contributed by atoms with E-state index in [2.05, 4.69) is 29.3 Å². The maximum absolute atomic E-state index is 5.51. The van der Waals surface area contributed by atoms with E-state index in [0.717, 1.165) is 58.4 Å². The van der Waals surface area contributed by atoms with Crippen LogP contribution in [0.4, 0.5) is 0 Å². The van der Waals surface area contributed by atoms with E-state index in [1.807, 2.05) is 12.1 Å². The summed E-state index contributed by atoms with van der Waals surface area (Å²) in [5.74, 6) is 0.904. The Morgan fingerprint density at radius 3 is 2.43 bits per heavy atom. The van der Waals surface area contributed by atoms with Gasteiger partial charge in [0.15, 0.2) is 0 Å². The number of nitrogens with zero attached hydrogens (tertiary/aromatic N) is 1. The zero-order valence-corrected chi connectivity index (χ0v) is 14.2. The predicted molar refractivity (Wildman–Crippen MR) is 89.9 cm³/mol. The third kappa shape index (κ3) is 4.23. The topological polar surface area (TPSA) is 43.0 Å². The van der Waals surface area contributed by atoms with E-state index in [0.29, 0.717) is 11.5 Å². The maximum atomic E-state index is 5.51. The normalized spacial score (nSPS) is 22.3. The molecule has 0 aliphatic carbocycles. The number of morpholine rings is 1. The van der Waals surface area contributed by atoms with Crippen molar-refractivity contribution in [2.24, 2.45) is 5.41 Å². The van der Waals surface area contributed by atoms with Crippen LogP contribution in [0.15, 0.2) is 24.3 Å². The van der Waals surface area contributed by atoms with Crippen molar-refractivity contribution in [1.29, 1.82) is 0 Å². The number of rotatable bonds is 7. The van der Waals surface area contributed by atoms with Crippen molar-refractivity contribution in [2.45, 2.75) is 13.0 Å². The maximum Gasteiger partial charge on any atom is 0.118 e. The lowest BCUT2D eigenvalue weighted by molar-refractivity contribution is -0.0996. The van der Waals surface area contributed by atoms with Crippen LogP contribution in [-0.4, -0.2) is 64.6 Å². The minimum atomic E-state index is 0.301. The van der Waals surface area contributed by atoms with E-state index in [4.69, 9.17) is 14.2 Å². The first-order valence-corrected chi connectivity index (χ1v) is 8.44. The monoisotopic (exact) mass is 320 g/mol. The van der Waals surface area contributed by atoms with Gasteiger partial charge in [-0.3, -0.25) is 4.90 Å². The van der Waals surface area contributed by atoms with Crippen molar-refractivity contribution in [2.75, 3.05) is 59.7 Å². The van der Waals surface area contributed by atoms with Crippen molar-refractivity contribution in [1.82, 2.24) is 10.2 Å². The Balaban J connectivity index is 1.64. The lowest BCUT2D eigenvalue weighted by atomic mass is 9.88. The second-order valence-electron chi connectivity index (χ2n) is 6.87. The molecule has 128 valence electrons. The van der Waals surface area contributed by atoms with Gasteiger partial charge in [0.2, 0.25) is 0 Å². The highest BCUT2D eigenvalue weighted by molar-refractivity contribution is 5.29. The smallest absolute Gasteiger partial charge is 0.118 e. The molecule has 0 bridgehead atoms. The highest BCUT2D eigenvalue weighted by Gasteiger charge is 2.33. The number of hydrogen-bond donors (Lipinski definition) is 1. The first-order chi connectivity index (χ1) is 11.2. The summed E-state index contributed by atoms with van der Waals surface area (Å²) in [4.78, 5) is 2.51.